The SMILES string of the molecule is O=C(Nc1nc2ccccc2s1)c1cccc2c1CN(c1nc(C(=O)O)c(CCCOc3ccc(C4(c5ccccc5)CCCC4)cc3)s1)CC2. The van der Waals surface area contributed by atoms with Crippen molar-refractivity contribution in [2.75, 3.05) is 23.4 Å². The van der Waals surface area contributed by atoms with Crippen LogP contribution in [0.1, 0.15) is 80.1 Å². The fraction of sp³-hybridized carbons (Fsp3) is 0.268. The Balaban J connectivity index is 0.915. The van der Waals surface area contributed by atoms with Crippen LogP contribution in [-0.2, 0) is 24.8 Å². The molecule has 8 nitrogen and oxygen atoms in total. The van der Waals surface area contributed by atoms with Crippen LogP contribution in [0, 0.1) is 0 Å². The first-order chi connectivity index (χ1) is 25.0. The standard InChI is InChI=1S/C41H38N4O4S2/c46-37(44-39-42-33-14-4-5-15-34(33)50-39)31-13-8-10-27-21-24-45(26-32(27)31)40-43-36(38(47)48)35(51-40)16-9-25-49-30-19-17-29(18-20-30)41(22-6-7-23-41)28-11-2-1-3-12-28/h1-5,8,10-15,17-20H,6-7,9,16,21-26H2,(H,47,48)(H,42,44,46). The minimum atomic E-state index is -1.03. The van der Waals surface area contributed by atoms with Crippen LogP contribution in [0.4, 0.5) is 10.3 Å². The summed E-state index contributed by atoms with van der Waals surface area (Å²) in [4.78, 5) is 37.7. The van der Waals surface area contributed by atoms with Crippen LogP contribution in [0.3, 0.4) is 0 Å². The Bertz CT molecular complexity index is 2160. The number of aromatic nitrogens is 2. The molecule has 2 N–H and O–H groups in total. The molecule has 1 fully saturated rings. The van der Waals surface area contributed by atoms with E-state index in [2.05, 4.69) is 80.8 Å². The molecule has 3 heterocycles. The molecule has 4 aromatic carbocycles. The molecule has 1 aliphatic heterocycles. The predicted molar refractivity (Wildman–Crippen MR) is 204 cm³/mol. The number of ether oxygens (including phenoxy) is 1. The first-order valence-electron chi connectivity index (χ1n) is 17.5. The molecule has 0 atom stereocenters. The number of carbonyl (C=O) groups excluding carboxylic acids is 1. The Kier molecular flexibility index (Phi) is 9.27. The summed E-state index contributed by atoms with van der Waals surface area (Å²) in [5.74, 6) is -0.419. The number of aromatic carboxylic acids is 1. The minimum absolute atomic E-state index is 0.0679. The lowest BCUT2D eigenvalue weighted by atomic mass is 9.73. The number of thiazole rings is 2. The third-order valence-corrected chi connectivity index (χ3v) is 12.3. The highest BCUT2D eigenvalue weighted by Gasteiger charge is 2.37. The topological polar surface area (TPSA) is 105 Å². The zero-order valence-corrected chi connectivity index (χ0v) is 29.8. The maximum Gasteiger partial charge on any atom is 0.355 e. The fourth-order valence-corrected chi connectivity index (χ4v) is 9.61. The van der Waals surface area contributed by atoms with E-state index < -0.39 is 5.97 Å². The number of amides is 1. The van der Waals surface area contributed by atoms with Crippen LogP contribution >= 0.6 is 22.7 Å². The summed E-state index contributed by atoms with van der Waals surface area (Å²) in [6, 6.07) is 33.0. The molecule has 2 aromatic heterocycles. The molecule has 2 aliphatic rings. The van der Waals surface area contributed by atoms with Gasteiger partial charge >= 0.3 is 5.97 Å². The molecule has 10 heteroatoms. The van der Waals surface area contributed by atoms with Gasteiger partial charge in [0.15, 0.2) is 16.0 Å². The van der Waals surface area contributed by atoms with E-state index in [0.717, 1.165) is 51.2 Å². The van der Waals surface area contributed by atoms with Gasteiger partial charge in [-0.1, -0.05) is 90.9 Å². The highest BCUT2D eigenvalue weighted by molar-refractivity contribution is 7.22. The van der Waals surface area contributed by atoms with Crippen molar-refractivity contribution in [3.63, 3.8) is 0 Å². The van der Waals surface area contributed by atoms with Crippen LogP contribution in [0.2, 0.25) is 0 Å². The second kappa shape index (κ2) is 14.3. The van der Waals surface area contributed by atoms with Gasteiger partial charge in [0.05, 0.1) is 16.8 Å². The van der Waals surface area contributed by atoms with Crippen molar-refractivity contribution < 1.29 is 19.4 Å². The summed E-state index contributed by atoms with van der Waals surface area (Å²) in [7, 11) is 0. The van der Waals surface area contributed by atoms with Gasteiger partial charge in [-0.15, -0.1) is 11.3 Å². The van der Waals surface area contributed by atoms with Crippen LogP contribution in [-0.4, -0.2) is 40.1 Å². The van der Waals surface area contributed by atoms with Crippen molar-refractivity contribution >= 4 is 55.0 Å². The monoisotopic (exact) mass is 714 g/mol. The third kappa shape index (κ3) is 6.73. The van der Waals surface area contributed by atoms with E-state index in [4.69, 9.17) is 4.74 Å². The van der Waals surface area contributed by atoms with E-state index in [0.29, 0.717) is 48.4 Å². The zero-order chi connectivity index (χ0) is 34.8. The van der Waals surface area contributed by atoms with Crippen LogP contribution in [0.15, 0.2) is 97.1 Å². The van der Waals surface area contributed by atoms with Gasteiger partial charge in [-0.05, 0) is 84.7 Å². The summed E-state index contributed by atoms with van der Waals surface area (Å²) < 4.78 is 7.14. The number of para-hydroxylation sites is 1. The molecule has 0 unspecified atom stereocenters. The fourth-order valence-electron chi connectivity index (χ4n) is 7.63. The number of fused-ring (bicyclic) bond motifs is 2. The van der Waals surface area contributed by atoms with Crippen molar-refractivity contribution in [3.05, 3.63) is 135 Å². The van der Waals surface area contributed by atoms with Gasteiger partial charge in [-0.2, -0.15) is 0 Å². The van der Waals surface area contributed by atoms with E-state index in [1.54, 1.807) is 0 Å². The normalized spacial score (nSPS) is 15.1. The molecule has 1 aliphatic carbocycles. The predicted octanol–water partition coefficient (Wildman–Crippen LogP) is 9.14. The van der Waals surface area contributed by atoms with Gasteiger partial charge in [0.25, 0.3) is 5.91 Å². The van der Waals surface area contributed by atoms with E-state index in [1.165, 1.54) is 46.6 Å². The van der Waals surface area contributed by atoms with Gasteiger partial charge in [0.1, 0.15) is 5.75 Å². The molecule has 1 amide bonds. The molecule has 8 rings (SSSR count). The van der Waals surface area contributed by atoms with Crippen molar-refractivity contribution in [1.82, 2.24) is 9.97 Å². The summed E-state index contributed by atoms with van der Waals surface area (Å²) in [6.45, 7) is 1.63. The summed E-state index contributed by atoms with van der Waals surface area (Å²) >= 11 is 2.86. The maximum absolute atomic E-state index is 13.5. The first kappa shape index (κ1) is 33.1. The smallest absolute Gasteiger partial charge is 0.355 e. The Hall–Kier alpha value is -5.06. The van der Waals surface area contributed by atoms with Crippen LogP contribution in [0.5, 0.6) is 5.75 Å². The van der Waals surface area contributed by atoms with Crippen LogP contribution < -0.4 is 15.0 Å². The molecular formula is C41H38N4O4S2. The van der Waals surface area contributed by atoms with Gasteiger partial charge in [0, 0.05) is 28.9 Å². The first-order valence-corrected chi connectivity index (χ1v) is 19.1. The van der Waals surface area contributed by atoms with E-state index >= 15 is 0 Å². The number of carbonyl (C=O) groups is 2. The number of nitrogens with zero attached hydrogens (tertiary/aromatic N) is 3. The number of rotatable bonds is 11. The molecule has 0 radical (unpaired) electrons. The van der Waals surface area contributed by atoms with Crippen molar-refractivity contribution in [2.45, 2.75) is 56.9 Å². The summed E-state index contributed by atoms with van der Waals surface area (Å²) in [5.41, 5.74) is 6.37. The second-order valence-corrected chi connectivity index (χ2v) is 15.4. The number of hydrogen-bond acceptors (Lipinski definition) is 8. The molecule has 1 saturated carbocycles. The Morgan fingerprint density at radius 1 is 0.863 bits per heavy atom. The lowest BCUT2D eigenvalue weighted by Gasteiger charge is -2.30. The second-order valence-electron chi connectivity index (χ2n) is 13.3. The van der Waals surface area contributed by atoms with Crippen LogP contribution in [0.25, 0.3) is 10.2 Å². The average Bonchev–Trinajstić information content (AvgIpc) is 3.93. The number of nitrogens with one attached hydrogen (secondary N) is 1. The zero-order valence-electron chi connectivity index (χ0n) is 28.1. The largest absolute Gasteiger partial charge is 0.494 e. The quantitative estimate of drug-likeness (QED) is 0.129. The van der Waals surface area contributed by atoms with Crippen molar-refractivity contribution in [2.24, 2.45) is 0 Å². The molecule has 0 bridgehead atoms. The number of anilines is 2. The lowest BCUT2D eigenvalue weighted by molar-refractivity contribution is 0.0690. The Labute approximate surface area is 304 Å². The number of carboxylic acid groups (broad SMARTS) is 1. The summed E-state index contributed by atoms with van der Waals surface area (Å²) in [6.07, 6.45) is 6.73. The number of hydrogen-bond donors (Lipinski definition) is 2. The lowest BCUT2D eigenvalue weighted by Crippen LogP contribution is -2.32. The molecule has 51 heavy (non-hydrogen) atoms. The molecular weight excluding hydrogens is 677 g/mol. The Morgan fingerprint density at radius 3 is 2.41 bits per heavy atom. The summed E-state index contributed by atoms with van der Waals surface area (Å²) in [5, 5.41) is 14.2. The van der Waals surface area contributed by atoms with E-state index in [-0.39, 0.29) is 17.0 Å². The molecule has 0 spiro atoms. The third-order valence-electron chi connectivity index (χ3n) is 10.2. The van der Waals surface area contributed by atoms with Crippen molar-refractivity contribution in [1.29, 1.82) is 0 Å². The average molecular weight is 715 g/mol. The van der Waals surface area contributed by atoms with Gasteiger partial charge < -0.3 is 14.7 Å². The van der Waals surface area contributed by atoms with Gasteiger partial charge in [0.2, 0.25) is 0 Å². The minimum Gasteiger partial charge on any atom is -0.494 e. The number of benzene rings is 4. The maximum atomic E-state index is 13.5. The molecule has 258 valence electrons. The number of aryl methyl sites for hydroxylation is 1. The highest BCUT2D eigenvalue weighted by Crippen LogP contribution is 2.46. The van der Waals surface area contributed by atoms with E-state index in [1.807, 2.05) is 36.4 Å². The van der Waals surface area contributed by atoms with Gasteiger partial charge in [-0.3, -0.25) is 10.1 Å². The molecule has 6 aromatic rings. The highest BCUT2D eigenvalue weighted by atomic mass is 32.1. The number of carboxylic acids is 1. The molecule has 0 saturated heterocycles. The Morgan fingerprint density at radius 2 is 1.63 bits per heavy atom. The van der Waals surface area contributed by atoms with Gasteiger partial charge in [-0.25, -0.2) is 14.8 Å². The van der Waals surface area contributed by atoms with E-state index in [9.17, 15) is 14.7 Å². The van der Waals surface area contributed by atoms with Crippen molar-refractivity contribution in [3.8, 4) is 5.75 Å².